The van der Waals surface area contributed by atoms with Crippen LogP contribution in [0.3, 0.4) is 0 Å². The van der Waals surface area contributed by atoms with Gasteiger partial charge in [0.25, 0.3) is 5.91 Å². The minimum atomic E-state index is -0.187. The molecule has 34 heavy (non-hydrogen) atoms. The van der Waals surface area contributed by atoms with Crippen LogP contribution in [0.4, 0.5) is 11.4 Å². The van der Waals surface area contributed by atoms with E-state index in [0.717, 1.165) is 23.1 Å². The number of carbonyl (C=O) groups excluding carboxylic acids is 2. The largest absolute Gasteiger partial charge is 0.329 e. The molecule has 0 unspecified atom stereocenters. The number of para-hydroxylation sites is 3. The molecule has 0 bridgehead atoms. The van der Waals surface area contributed by atoms with E-state index in [-0.39, 0.29) is 23.9 Å². The number of benzene rings is 3. The van der Waals surface area contributed by atoms with E-state index in [4.69, 9.17) is 0 Å². The summed E-state index contributed by atoms with van der Waals surface area (Å²) in [6, 6.07) is 22.5. The van der Waals surface area contributed by atoms with Gasteiger partial charge < -0.3 is 10.2 Å². The standard InChI is InChI=1S/C27H26N4O3/c1-2-29-23-9-5-6-10-24(23)31(27(29)34)18-16-25(32)28-21-13-11-20(12-14-21)26(33)30-17-15-19-7-3-4-8-22(19)30/h3-14H,2,15-18H2,1H3,(H,28,32). The van der Waals surface area contributed by atoms with E-state index >= 15 is 0 Å². The second kappa shape index (κ2) is 9.02. The average Bonchev–Trinajstić information content (AvgIpc) is 3.41. The minimum Gasteiger partial charge on any atom is -0.326 e. The number of aryl methyl sites for hydroxylation is 2. The molecular weight excluding hydrogens is 428 g/mol. The topological polar surface area (TPSA) is 76.3 Å². The molecule has 172 valence electrons. The molecule has 7 heteroatoms. The quantitative estimate of drug-likeness (QED) is 0.478. The lowest BCUT2D eigenvalue weighted by Gasteiger charge is -2.17. The van der Waals surface area contributed by atoms with E-state index in [0.29, 0.717) is 30.9 Å². The third-order valence-electron chi connectivity index (χ3n) is 6.35. The van der Waals surface area contributed by atoms with Crippen LogP contribution in [0.25, 0.3) is 11.0 Å². The van der Waals surface area contributed by atoms with Crippen LogP contribution in [-0.4, -0.2) is 27.5 Å². The van der Waals surface area contributed by atoms with Gasteiger partial charge in [-0.2, -0.15) is 0 Å². The van der Waals surface area contributed by atoms with Crippen molar-refractivity contribution in [2.24, 2.45) is 0 Å². The molecule has 0 aliphatic carbocycles. The Kier molecular flexibility index (Phi) is 5.76. The Morgan fingerprint density at radius 3 is 2.29 bits per heavy atom. The highest BCUT2D eigenvalue weighted by atomic mass is 16.2. The van der Waals surface area contributed by atoms with Crippen LogP contribution in [0.5, 0.6) is 0 Å². The lowest BCUT2D eigenvalue weighted by molar-refractivity contribution is -0.116. The van der Waals surface area contributed by atoms with Gasteiger partial charge in [-0.3, -0.25) is 18.7 Å². The molecule has 2 amide bonds. The Balaban J connectivity index is 1.24. The van der Waals surface area contributed by atoms with Crippen molar-refractivity contribution in [2.45, 2.75) is 32.9 Å². The number of nitrogens with one attached hydrogen (secondary N) is 1. The molecule has 3 aromatic carbocycles. The molecule has 1 aliphatic heterocycles. The smallest absolute Gasteiger partial charge is 0.326 e. The molecule has 1 aliphatic rings. The van der Waals surface area contributed by atoms with Crippen molar-refractivity contribution in [3.63, 3.8) is 0 Å². The number of anilines is 2. The molecular formula is C27H26N4O3. The SMILES string of the molecule is CCn1c(=O)n(CCC(=O)Nc2ccc(C(=O)N3CCc4ccccc43)cc2)c2ccccc21. The van der Waals surface area contributed by atoms with E-state index in [2.05, 4.69) is 11.4 Å². The first-order valence-electron chi connectivity index (χ1n) is 11.5. The van der Waals surface area contributed by atoms with E-state index in [9.17, 15) is 14.4 Å². The Morgan fingerprint density at radius 2 is 1.56 bits per heavy atom. The summed E-state index contributed by atoms with van der Waals surface area (Å²) in [7, 11) is 0. The van der Waals surface area contributed by atoms with Gasteiger partial charge in [0.15, 0.2) is 0 Å². The Bertz CT molecular complexity index is 1430. The highest BCUT2D eigenvalue weighted by Gasteiger charge is 2.25. The molecule has 1 aromatic heterocycles. The molecule has 5 rings (SSSR count). The van der Waals surface area contributed by atoms with Crippen molar-refractivity contribution < 1.29 is 9.59 Å². The van der Waals surface area contributed by atoms with E-state index in [1.807, 2.05) is 49.4 Å². The highest BCUT2D eigenvalue weighted by molar-refractivity contribution is 6.07. The van der Waals surface area contributed by atoms with E-state index in [1.165, 1.54) is 5.56 Å². The van der Waals surface area contributed by atoms with Crippen molar-refractivity contribution in [3.05, 3.63) is 94.4 Å². The Hall–Kier alpha value is -4.13. The highest BCUT2D eigenvalue weighted by Crippen LogP contribution is 2.29. The zero-order valence-electron chi connectivity index (χ0n) is 19.0. The van der Waals surface area contributed by atoms with Gasteiger partial charge in [-0.05, 0) is 61.4 Å². The van der Waals surface area contributed by atoms with Crippen LogP contribution in [0.1, 0.15) is 29.3 Å². The molecule has 4 aromatic rings. The average molecular weight is 455 g/mol. The summed E-state index contributed by atoms with van der Waals surface area (Å²) in [5.74, 6) is -0.234. The van der Waals surface area contributed by atoms with Crippen molar-refractivity contribution in [1.82, 2.24) is 9.13 Å². The zero-order chi connectivity index (χ0) is 23.7. The van der Waals surface area contributed by atoms with Crippen LogP contribution in [-0.2, 0) is 24.3 Å². The number of hydrogen-bond donors (Lipinski definition) is 1. The van der Waals surface area contributed by atoms with E-state index in [1.54, 1.807) is 38.3 Å². The van der Waals surface area contributed by atoms with Gasteiger partial charge >= 0.3 is 5.69 Å². The van der Waals surface area contributed by atoms with E-state index < -0.39 is 0 Å². The van der Waals surface area contributed by atoms with Gasteiger partial charge in [0.2, 0.25) is 5.91 Å². The van der Waals surface area contributed by atoms with Gasteiger partial charge in [0.05, 0.1) is 11.0 Å². The second-order valence-corrected chi connectivity index (χ2v) is 8.38. The first-order valence-corrected chi connectivity index (χ1v) is 11.5. The Morgan fingerprint density at radius 1 is 0.882 bits per heavy atom. The van der Waals surface area contributed by atoms with Crippen LogP contribution < -0.4 is 15.9 Å². The van der Waals surface area contributed by atoms with Gasteiger partial charge in [0, 0.05) is 43.0 Å². The fourth-order valence-corrected chi connectivity index (χ4v) is 4.63. The number of rotatable bonds is 6. The van der Waals surface area contributed by atoms with Crippen LogP contribution in [0.2, 0.25) is 0 Å². The van der Waals surface area contributed by atoms with Crippen LogP contribution in [0.15, 0.2) is 77.6 Å². The fraction of sp³-hybridized carbons (Fsp3) is 0.222. The van der Waals surface area contributed by atoms with Crippen molar-refractivity contribution in [3.8, 4) is 0 Å². The number of imidazole rings is 1. The van der Waals surface area contributed by atoms with Crippen molar-refractivity contribution in [2.75, 3.05) is 16.8 Å². The molecule has 0 saturated carbocycles. The zero-order valence-corrected chi connectivity index (χ0v) is 19.0. The first-order chi connectivity index (χ1) is 16.6. The lowest BCUT2D eigenvalue weighted by atomic mass is 10.1. The molecule has 2 heterocycles. The molecule has 0 fully saturated rings. The normalized spacial score (nSPS) is 12.7. The Labute approximate surface area is 197 Å². The summed E-state index contributed by atoms with van der Waals surface area (Å²) in [5, 5.41) is 2.87. The second-order valence-electron chi connectivity index (χ2n) is 8.38. The fourth-order valence-electron chi connectivity index (χ4n) is 4.63. The summed E-state index contributed by atoms with van der Waals surface area (Å²) >= 11 is 0. The minimum absolute atomic E-state index is 0.0467. The summed E-state index contributed by atoms with van der Waals surface area (Å²) in [5.41, 5.74) is 4.93. The van der Waals surface area contributed by atoms with Gasteiger partial charge in [0.1, 0.15) is 0 Å². The maximum absolute atomic E-state index is 13.0. The monoisotopic (exact) mass is 454 g/mol. The summed E-state index contributed by atoms with van der Waals surface area (Å²) in [6.07, 6.45) is 1.03. The van der Waals surface area contributed by atoms with Crippen LogP contribution >= 0.6 is 0 Å². The number of aromatic nitrogens is 2. The third-order valence-corrected chi connectivity index (χ3v) is 6.35. The van der Waals surface area contributed by atoms with Crippen molar-refractivity contribution >= 4 is 34.2 Å². The molecule has 0 radical (unpaired) electrons. The number of nitrogens with zero attached hydrogens (tertiary/aromatic N) is 3. The molecule has 0 spiro atoms. The molecule has 7 nitrogen and oxygen atoms in total. The predicted octanol–water partition coefficient (Wildman–Crippen LogP) is 4.05. The molecule has 1 N–H and O–H groups in total. The van der Waals surface area contributed by atoms with Gasteiger partial charge in [-0.15, -0.1) is 0 Å². The number of amides is 2. The van der Waals surface area contributed by atoms with Gasteiger partial charge in [-0.1, -0.05) is 30.3 Å². The molecule has 0 atom stereocenters. The number of fused-ring (bicyclic) bond motifs is 2. The number of hydrogen-bond acceptors (Lipinski definition) is 3. The summed E-state index contributed by atoms with van der Waals surface area (Å²) in [4.78, 5) is 40.1. The third kappa shape index (κ3) is 3.90. The predicted molar refractivity (Wildman–Crippen MR) is 133 cm³/mol. The van der Waals surface area contributed by atoms with Crippen molar-refractivity contribution in [1.29, 1.82) is 0 Å². The first kappa shape index (κ1) is 21.7. The maximum atomic E-state index is 13.0. The molecule has 0 saturated heterocycles. The lowest BCUT2D eigenvalue weighted by Crippen LogP contribution is -2.28. The summed E-state index contributed by atoms with van der Waals surface area (Å²) < 4.78 is 3.36. The maximum Gasteiger partial charge on any atom is 0.329 e. The van der Waals surface area contributed by atoms with Crippen LogP contribution in [0, 0.1) is 0 Å². The van der Waals surface area contributed by atoms with Gasteiger partial charge in [-0.25, -0.2) is 4.79 Å². The summed E-state index contributed by atoms with van der Waals surface area (Å²) in [6.45, 7) is 3.47. The number of carbonyl (C=O) groups is 2.